The highest BCUT2D eigenvalue weighted by atomic mass is 16.5. The number of nitrogens with zero attached hydrogens (tertiary/aromatic N) is 7. The van der Waals surface area contributed by atoms with Crippen LogP contribution in [0, 0.1) is 19.8 Å². The van der Waals surface area contributed by atoms with Gasteiger partial charge >= 0.3 is 5.97 Å². The third kappa shape index (κ3) is 3.89. The number of fused-ring (bicyclic) bond motifs is 3. The van der Waals surface area contributed by atoms with Gasteiger partial charge in [-0.3, -0.25) is 9.59 Å². The first-order valence-corrected chi connectivity index (χ1v) is 11.6. The summed E-state index contributed by atoms with van der Waals surface area (Å²) < 4.78 is 8.71. The average Bonchev–Trinajstić information content (AvgIpc) is 3.35. The summed E-state index contributed by atoms with van der Waals surface area (Å²) in [5, 5.41) is 14.1. The predicted molar refractivity (Wildman–Crippen MR) is 125 cm³/mol. The number of likely N-dealkylation sites (tertiary alicyclic amines) is 1. The number of amides is 1. The Bertz CT molecular complexity index is 1390. The smallest absolute Gasteiger partial charge is 0.310 e. The van der Waals surface area contributed by atoms with E-state index in [1.165, 1.54) is 0 Å². The Morgan fingerprint density at radius 1 is 1.18 bits per heavy atom. The number of carbonyl (C=O) groups excluding carboxylic acids is 2. The molecule has 34 heavy (non-hydrogen) atoms. The highest BCUT2D eigenvalue weighted by molar-refractivity contribution is 6.04. The van der Waals surface area contributed by atoms with Gasteiger partial charge in [0, 0.05) is 24.2 Å². The Balaban J connectivity index is 1.51. The lowest BCUT2D eigenvalue weighted by molar-refractivity contribution is -0.151. The van der Waals surface area contributed by atoms with E-state index in [1.54, 1.807) is 16.5 Å². The van der Waals surface area contributed by atoms with Crippen LogP contribution in [0.15, 0.2) is 30.3 Å². The van der Waals surface area contributed by atoms with Gasteiger partial charge in [-0.1, -0.05) is 18.2 Å². The summed E-state index contributed by atoms with van der Waals surface area (Å²) in [6.45, 7) is 7.07. The van der Waals surface area contributed by atoms with Crippen molar-refractivity contribution in [3.63, 3.8) is 0 Å². The Morgan fingerprint density at radius 3 is 2.76 bits per heavy atom. The summed E-state index contributed by atoms with van der Waals surface area (Å²) in [6, 6.07) is 9.71. The van der Waals surface area contributed by atoms with E-state index in [-0.39, 0.29) is 24.3 Å². The zero-order valence-electron chi connectivity index (χ0n) is 19.6. The molecule has 0 saturated carbocycles. The van der Waals surface area contributed by atoms with Gasteiger partial charge in [0.1, 0.15) is 12.1 Å². The lowest BCUT2D eigenvalue weighted by Gasteiger charge is -2.31. The van der Waals surface area contributed by atoms with Crippen molar-refractivity contribution in [3.8, 4) is 5.95 Å². The first-order valence-electron chi connectivity index (χ1n) is 11.6. The standard InChI is InChI=1S/C24H27N7O3/c1-4-34-23(33)17-8-7-11-29(13-17)20(32)14-30-19-10-6-5-9-18(19)21-22(30)25-24(27-26-21)31-16(3)12-15(2)28-31/h5-6,9-10,12,17H,4,7-8,11,13-14H2,1-3H3/t17-/m1/s1. The molecule has 1 atom stereocenters. The molecule has 4 aromatic rings. The minimum absolute atomic E-state index is 0.0667. The number of piperidine rings is 1. The summed E-state index contributed by atoms with van der Waals surface area (Å²) in [5.41, 5.74) is 3.83. The highest BCUT2D eigenvalue weighted by Crippen LogP contribution is 2.27. The molecule has 1 saturated heterocycles. The minimum atomic E-state index is -0.280. The van der Waals surface area contributed by atoms with Gasteiger partial charge < -0.3 is 14.2 Å². The topological polar surface area (TPSA) is 108 Å². The van der Waals surface area contributed by atoms with Crippen LogP contribution < -0.4 is 0 Å². The van der Waals surface area contributed by atoms with Crippen LogP contribution in [0.3, 0.4) is 0 Å². The van der Waals surface area contributed by atoms with Crippen molar-refractivity contribution in [1.29, 1.82) is 0 Å². The van der Waals surface area contributed by atoms with Gasteiger partial charge in [0.15, 0.2) is 5.65 Å². The molecule has 10 nitrogen and oxygen atoms in total. The fourth-order valence-corrected chi connectivity index (χ4v) is 4.67. The zero-order valence-corrected chi connectivity index (χ0v) is 19.6. The zero-order chi connectivity index (χ0) is 23.8. The number of aryl methyl sites for hydroxylation is 2. The van der Waals surface area contributed by atoms with Crippen molar-refractivity contribution in [2.45, 2.75) is 40.2 Å². The van der Waals surface area contributed by atoms with Gasteiger partial charge in [-0.05, 0) is 45.7 Å². The molecule has 0 spiro atoms. The van der Waals surface area contributed by atoms with Crippen LogP contribution in [0.5, 0.6) is 0 Å². The fraction of sp³-hybridized carbons (Fsp3) is 0.417. The molecule has 5 rings (SSSR count). The first-order chi connectivity index (χ1) is 16.5. The van der Waals surface area contributed by atoms with E-state index in [1.807, 2.05) is 48.7 Å². The molecule has 1 amide bonds. The molecule has 176 valence electrons. The molecule has 1 fully saturated rings. The summed E-state index contributed by atoms with van der Waals surface area (Å²) in [7, 11) is 0. The van der Waals surface area contributed by atoms with Crippen molar-refractivity contribution >= 4 is 33.9 Å². The monoisotopic (exact) mass is 461 g/mol. The quantitative estimate of drug-likeness (QED) is 0.420. The molecule has 1 aromatic carbocycles. The lowest BCUT2D eigenvalue weighted by atomic mass is 9.98. The number of benzene rings is 1. The molecule has 3 aromatic heterocycles. The molecule has 4 heterocycles. The van der Waals surface area contributed by atoms with E-state index in [0.717, 1.165) is 35.1 Å². The van der Waals surface area contributed by atoms with Crippen LogP contribution in [-0.2, 0) is 20.9 Å². The molecule has 0 unspecified atom stereocenters. The fourth-order valence-electron chi connectivity index (χ4n) is 4.67. The second-order valence-electron chi connectivity index (χ2n) is 8.66. The van der Waals surface area contributed by atoms with Crippen molar-refractivity contribution in [1.82, 2.24) is 34.4 Å². The van der Waals surface area contributed by atoms with Gasteiger partial charge in [0.05, 0.1) is 23.7 Å². The van der Waals surface area contributed by atoms with Gasteiger partial charge in [0.25, 0.3) is 5.95 Å². The van der Waals surface area contributed by atoms with Crippen molar-refractivity contribution in [2.75, 3.05) is 19.7 Å². The molecule has 0 N–H and O–H groups in total. The molecule has 10 heteroatoms. The van der Waals surface area contributed by atoms with E-state index in [9.17, 15) is 9.59 Å². The van der Waals surface area contributed by atoms with Crippen LogP contribution in [0.25, 0.3) is 28.0 Å². The van der Waals surface area contributed by atoms with Crippen molar-refractivity contribution in [3.05, 3.63) is 41.7 Å². The second-order valence-corrected chi connectivity index (χ2v) is 8.66. The molecular formula is C24H27N7O3. The van der Waals surface area contributed by atoms with E-state index in [4.69, 9.17) is 9.72 Å². The summed E-state index contributed by atoms with van der Waals surface area (Å²) in [6.07, 6.45) is 1.51. The molecule has 1 aliphatic rings. The van der Waals surface area contributed by atoms with Gasteiger partial charge in [-0.2, -0.15) is 10.1 Å². The predicted octanol–water partition coefficient (Wildman–Crippen LogP) is 2.58. The number of rotatable bonds is 5. The molecule has 0 radical (unpaired) electrons. The molecule has 0 bridgehead atoms. The molecular weight excluding hydrogens is 434 g/mol. The minimum Gasteiger partial charge on any atom is -0.466 e. The summed E-state index contributed by atoms with van der Waals surface area (Å²) in [5.74, 6) is -0.223. The van der Waals surface area contributed by atoms with Crippen LogP contribution in [0.2, 0.25) is 0 Å². The Hall–Kier alpha value is -3.82. The van der Waals surface area contributed by atoms with Crippen LogP contribution in [0.1, 0.15) is 31.2 Å². The Morgan fingerprint density at radius 2 is 2.00 bits per heavy atom. The number of para-hydroxylation sites is 1. The molecule has 0 aliphatic carbocycles. The number of ether oxygens (including phenoxy) is 1. The lowest BCUT2D eigenvalue weighted by Crippen LogP contribution is -2.44. The Kier molecular flexibility index (Phi) is 5.72. The van der Waals surface area contributed by atoms with E-state index in [0.29, 0.717) is 36.8 Å². The maximum Gasteiger partial charge on any atom is 0.310 e. The van der Waals surface area contributed by atoms with Crippen molar-refractivity contribution < 1.29 is 14.3 Å². The number of aromatic nitrogens is 6. The largest absolute Gasteiger partial charge is 0.466 e. The summed E-state index contributed by atoms with van der Waals surface area (Å²) >= 11 is 0. The highest BCUT2D eigenvalue weighted by Gasteiger charge is 2.30. The second kappa shape index (κ2) is 8.85. The number of esters is 1. The van der Waals surface area contributed by atoms with Crippen LogP contribution >= 0.6 is 0 Å². The third-order valence-electron chi connectivity index (χ3n) is 6.25. The Labute approximate surface area is 196 Å². The summed E-state index contributed by atoms with van der Waals surface area (Å²) in [4.78, 5) is 32.1. The van der Waals surface area contributed by atoms with E-state index >= 15 is 0 Å². The van der Waals surface area contributed by atoms with Crippen LogP contribution in [-0.4, -0.2) is 66.0 Å². The van der Waals surface area contributed by atoms with E-state index < -0.39 is 0 Å². The molecule has 1 aliphatic heterocycles. The van der Waals surface area contributed by atoms with Gasteiger partial charge in [0.2, 0.25) is 5.91 Å². The van der Waals surface area contributed by atoms with Gasteiger partial charge in [-0.25, -0.2) is 4.68 Å². The number of carbonyl (C=O) groups is 2. The first kappa shape index (κ1) is 22.0. The van der Waals surface area contributed by atoms with Gasteiger partial charge in [-0.15, -0.1) is 10.2 Å². The average molecular weight is 462 g/mol. The van der Waals surface area contributed by atoms with Crippen LogP contribution in [0.4, 0.5) is 0 Å². The third-order valence-corrected chi connectivity index (χ3v) is 6.25. The van der Waals surface area contributed by atoms with E-state index in [2.05, 4.69) is 15.3 Å². The number of hydrogen-bond acceptors (Lipinski definition) is 7. The normalized spacial score (nSPS) is 16.3. The van der Waals surface area contributed by atoms with Crippen molar-refractivity contribution in [2.24, 2.45) is 5.92 Å². The SMILES string of the molecule is CCOC(=O)[C@@H]1CCCN(C(=O)Cn2c3ccccc3c3nnc(-n4nc(C)cc4C)nc32)C1. The maximum absolute atomic E-state index is 13.4. The maximum atomic E-state index is 13.4. The number of hydrogen-bond donors (Lipinski definition) is 0.